The lowest BCUT2D eigenvalue weighted by atomic mass is 10.0. The standard InChI is InChI=1S/C31H39N3O4S/c1-6-25(4)32-31(36)29(20-26-12-8-7-9-13-26)33(21-27-17-15-23(2)16-18-27)30(35)22-34(39(5,37)38)28-14-10-11-24(3)19-28/h7-19,25,29H,6,20-22H2,1-5H3,(H,32,36). The van der Waals surface area contributed by atoms with Crippen LogP contribution in [0.15, 0.2) is 78.9 Å². The molecule has 8 heteroatoms. The summed E-state index contributed by atoms with van der Waals surface area (Å²) in [6.45, 7) is 7.50. The van der Waals surface area contributed by atoms with Gasteiger partial charge in [-0.2, -0.15) is 0 Å². The Balaban J connectivity index is 2.05. The molecule has 0 aliphatic carbocycles. The summed E-state index contributed by atoms with van der Waals surface area (Å²) < 4.78 is 26.8. The van der Waals surface area contributed by atoms with Gasteiger partial charge in [0.2, 0.25) is 21.8 Å². The van der Waals surface area contributed by atoms with Crippen LogP contribution in [0.5, 0.6) is 0 Å². The molecule has 0 heterocycles. The third kappa shape index (κ3) is 8.68. The van der Waals surface area contributed by atoms with E-state index in [1.165, 1.54) is 4.90 Å². The van der Waals surface area contributed by atoms with E-state index in [9.17, 15) is 18.0 Å². The van der Waals surface area contributed by atoms with E-state index in [0.29, 0.717) is 12.1 Å². The molecule has 2 amide bonds. The number of hydrogen-bond donors (Lipinski definition) is 1. The number of benzene rings is 3. The largest absolute Gasteiger partial charge is 0.352 e. The quantitative estimate of drug-likeness (QED) is 0.357. The van der Waals surface area contributed by atoms with E-state index in [0.717, 1.165) is 39.2 Å². The monoisotopic (exact) mass is 549 g/mol. The minimum Gasteiger partial charge on any atom is -0.352 e. The number of hydrogen-bond acceptors (Lipinski definition) is 4. The lowest BCUT2D eigenvalue weighted by molar-refractivity contribution is -0.140. The zero-order valence-corrected chi connectivity index (χ0v) is 24.2. The second-order valence-corrected chi connectivity index (χ2v) is 12.0. The average Bonchev–Trinajstić information content (AvgIpc) is 2.90. The Bertz CT molecular complexity index is 1360. The minimum absolute atomic E-state index is 0.0769. The van der Waals surface area contributed by atoms with Gasteiger partial charge in [-0.05, 0) is 56.0 Å². The third-order valence-corrected chi connectivity index (χ3v) is 7.86. The van der Waals surface area contributed by atoms with Crippen molar-refractivity contribution in [3.8, 4) is 0 Å². The first-order valence-electron chi connectivity index (χ1n) is 13.2. The molecular formula is C31H39N3O4S. The molecule has 39 heavy (non-hydrogen) atoms. The fourth-order valence-corrected chi connectivity index (χ4v) is 5.12. The van der Waals surface area contributed by atoms with Crippen molar-refractivity contribution >= 4 is 27.5 Å². The first-order valence-corrected chi connectivity index (χ1v) is 15.1. The van der Waals surface area contributed by atoms with Crippen molar-refractivity contribution in [2.24, 2.45) is 0 Å². The Labute approximate surface area is 232 Å². The molecule has 0 spiro atoms. The van der Waals surface area contributed by atoms with Gasteiger partial charge in [0.05, 0.1) is 11.9 Å². The van der Waals surface area contributed by atoms with Crippen LogP contribution >= 0.6 is 0 Å². The molecule has 3 aromatic carbocycles. The summed E-state index contributed by atoms with van der Waals surface area (Å²) in [7, 11) is -3.78. The molecule has 0 bridgehead atoms. The molecule has 0 saturated carbocycles. The van der Waals surface area contributed by atoms with E-state index in [1.54, 1.807) is 18.2 Å². The highest BCUT2D eigenvalue weighted by molar-refractivity contribution is 7.92. The Morgan fingerprint density at radius 1 is 0.872 bits per heavy atom. The first kappa shape index (κ1) is 29.9. The molecule has 0 aliphatic heterocycles. The molecule has 3 aromatic rings. The van der Waals surface area contributed by atoms with Crippen molar-refractivity contribution in [3.05, 3.63) is 101 Å². The van der Waals surface area contributed by atoms with Crippen LogP contribution in [0.2, 0.25) is 0 Å². The average molecular weight is 550 g/mol. The molecule has 3 rings (SSSR count). The van der Waals surface area contributed by atoms with E-state index in [-0.39, 0.29) is 18.5 Å². The highest BCUT2D eigenvalue weighted by Crippen LogP contribution is 2.21. The van der Waals surface area contributed by atoms with Gasteiger partial charge in [0.15, 0.2) is 0 Å². The smallest absolute Gasteiger partial charge is 0.244 e. The maximum atomic E-state index is 14.1. The zero-order chi connectivity index (χ0) is 28.6. The summed E-state index contributed by atoms with van der Waals surface area (Å²) in [5.74, 6) is -0.724. The minimum atomic E-state index is -3.78. The van der Waals surface area contributed by atoms with Crippen LogP contribution in [0.3, 0.4) is 0 Å². The highest BCUT2D eigenvalue weighted by Gasteiger charge is 2.33. The van der Waals surface area contributed by atoms with Crippen molar-refractivity contribution in [1.29, 1.82) is 0 Å². The van der Waals surface area contributed by atoms with Crippen LogP contribution in [-0.2, 0) is 32.6 Å². The summed E-state index contributed by atoms with van der Waals surface area (Å²) in [6, 6.07) is 23.4. The Hall–Kier alpha value is -3.65. The molecule has 0 radical (unpaired) electrons. The number of nitrogens with zero attached hydrogens (tertiary/aromatic N) is 2. The van der Waals surface area contributed by atoms with Crippen molar-refractivity contribution < 1.29 is 18.0 Å². The van der Waals surface area contributed by atoms with Gasteiger partial charge < -0.3 is 10.2 Å². The first-order chi connectivity index (χ1) is 18.5. The molecule has 1 N–H and O–H groups in total. The van der Waals surface area contributed by atoms with Crippen LogP contribution in [0.25, 0.3) is 0 Å². The summed E-state index contributed by atoms with van der Waals surface area (Å²) in [5.41, 5.74) is 4.12. The number of sulfonamides is 1. The molecule has 0 saturated heterocycles. The van der Waals surface area contributed by atoms with Gasteiger partial charge in [0.1, 0.15) is 12.6 Å². The number of rotatable bonds is 12. The summed E-state index contributed by atoms with van der Waals surface area (Å²) in [5, 5.41) is 3.04. The summed E-state index contributed by atoms with van der Waals surface area (Å²) in [6.07, 6.45) is 2.12. The predicted molar refractivity (Wildman–Crippen MR) is 157 cm³/mol. The number of amides is 2. The topological polar surface area (TPSA) is 86.8 Å². The van der Waals surface area contributed by atoms with E-state index in [2.05, 4.69) is 5.32 Å². The Kier molecular flexibility index (Phi) is 10.3. The second kappa shape index (κ2) is 13.4. The van der Waals surface area contributed by atoms with Crippen LogP contribution in [0.4, 0.5) is 5.69 Å². The number of carbonyl (C=O) groups excluding carboxylic acids is 2. The molecule has 0 aliphatic rings. The van der Waals surface area contributed by atoms with Crippen molar-refractivity contribution in [1.82, 2.24) is 10.2 Å². The van der Waals surface area contributed by atoms with E-state index in [1.807, 2.05) is 88.4 Å². The van der Waals surface area contributed by atoms with Gasteiger partial charge in [-0.25, -0.2) is 8.42 Å². The molecule has 0 aromatic heterocycles. The number of nitrogens with one attached hydrogen (secondary N) is 1. The van der Waals surface area contributed by atoms with Gasteiger partial charge in [-0.3, -0.25) is 13.9 Å². The Morgan fingerprint density at radius 2 is 1.54 bits per heavy atom. The number of aryl methyl sites for hydroxylation is 2. The SMILES string of the molecule is CCC(C)NC(=O)C(Cc1ccccc1)N(Cc1ccc(C)cc1)C(=O)CN(c1cccc(C)c1)S(C)(=O)=O. The fourth-order valence-electron chi connectivity index (χ4n) is 4.28. The highest BCUT2D eigenvalue weighted by atomic mass is 32.2. The van der Waals surface area contributed by atoms with E-state index < -0.39 is 28.5 Å². The van der Waals surface area contributed by atoms with Crippen LogP contribution in [0.1, 0.15) is 42.5 Å². The summed E-state index contributed by atoms with van der Waals surface area (Å²) >= 11 is 0. The lowest BCUT2D eigenvalue weighted by Crippen LogP contribution is -2.54. The van der Waals surface area contributed by atoms with Crippen molar-refractivity contribution in [2.75, 3.05) is 17.1 Å². The van der Waals surface area contributed by atoms with Crippen LogP contribution in [-0.4, -0.2) is 50.0 Å². The van der Waals surface area contributed by atoms with Crippen LogP contribution < -0.4 is 9.62 Å². The lowest BCUT2D eigenvalue weighted by Gasteiger charge is -2.34. The maximum Gasteiger partial charge on any atom is 0.244 e. The van der Waals surface area contributed by atoms with Crippen molar-refractivity contribution in [2.45, 2.75) is 59.2 Å². The van der Waals surface area contributed by atoms with Crippen molar-refractivity contribution in [3.63, 3.8) is 0 Å². The molecule has 0 fully saturated rings. The fraction of sp³-hybridized carbons (Fsp3) is 0.355. The molecule has 2 unspecified atom stereocenters. The molecule has 208 valence electrons. The van der Waals surface area contributed by atoms with Crippen LogP contribution in [0, 0.1) is 13.8 Å². The molecular weight excluding hydrogens is 510 g/mol. The van der Waals surface area contributed by atoms with Gasteiger partial charge >= 0.3 is 0 Å². The van der Waals surface area contributed by atoms with Gasteiger partial charge in [0.25, 0.3) is 0 Å². The van der Waals surface area contributed by atoms with Gasteiger partial charge in [-0.1, -0.05) is 79.2 Å². The molecule has 2 atom stereocenters. The van der Waals surface area contributed by atoms with E-state index in [4.69, 9.17) is 0 Å². The Morgan fingerprint density at radius 3 is 2.13 bits per heavy atom. The molecule has 7 nitrogen and oxygen atoms in total. The normalized spacial score (nSPS) is 12.8. The predicted octanol–water partition coefficient (Wildman–Crippen LogP) is 4.62. The summed E-state index contributed by atoms with van der Waals surface area (Å²) in [4.78, 5) is 29.2. The zero-order valence-electron chi connectivity index (χ0n) is 23.4. The van der Waals surface area contributed by atoms with Gasteiger partial charge in [-0.15, -0.1) is 0 Å². The maximum absolute atomic E-state index is 14.1. The van der Waals surface area contributed by atoms with E-state index >= 15 is 0 Å². The number of carbonyl (C=O) groups is 2. The third-order valence-electron chi connectivity index (χ3n) is 6.71. The van der Waals surface area contributed by atoms with Gasteiger partial charge in [0, 0.05) is 19.0 Å². The number of anilines is 1. The second-order valence-electron chi connectivity index (χ2n) is 10.1.